The number of halogens is 1. The molecule has 3 rings (SSSR count). The van der Waals surface area contributed by atoms with Gasteiger partial charge in [-0.15, -0.1) is 0 Å². The van der Waals surface area contributed by atoms with Crippen molar-refractivity contribution in [2.75, 3.05) is 60.4 Å². The van der Waals surface area contributed by atoms with Crippen molar-refractivity contribution >= 4 is 5.91 Å². The Hall–Kier alpha value is -1.50. The third-order valence-electron chi connectivity index (χ3n) is 5.96. The van der Waals surface area contributed by atoms with Crippen molar-refractivity contribution in [3.8, 4) is 0 Å². The standard InChI is InChI=1S/C21H33FN4O/c1-23(2)20-8-7-18(15-24(3)16-20)21(27)26-11-9-25(10-12-26)14-17-5-4-6-19(22)13-17/h4-6,13,18,20H,7-12,14-16H2,1-3H3/t18-,20+/m1/s1. The van der Waals surface area contributed by atoms with Gasteiger partial charge in [0.1, 0.15) is 5.82 Å². The molecule has 2 heterocycles. The summed E-state index contributed by atoms with van der Waals surface area (Å²) in [6, 6.07) is 7.32. The third-order valence-corrected chi connectivity index (χ3v) is 5.96. The van der Waals surface area contributed by atoms with Gasteiger partial charge in [0, 0.05) is 51.9 Å². The van der Waals surface area contributed by atoms with E-state index in [1.54, 1.807) is 12.1 Å². The highest BCUT2D eigenvalue weighted by atomic mass is 19.1. The van der Waals surface area contributed by atoms with Crippen LogP contribution in [0.3, 0.4) is 0 Å². The number of nitrogens with zero attached hydrogens (tertiary/aromatic N) is 4. The van der Waals surface area contributed by atoms with Crippen LogP contribution in [0.15, 0.2) is 24.3 Å². The minimum absolute atomic E-state index is 0.106. The molecule has 0 spiro atoms. The van der Waals surface area contributed by atoms with Crippen LogP contribution in [-0.4, -0.2) is 92.0 Å². The summed E-state index contributed by atoms with van der Waals surface area (Å²) in [7, 11) is 6.37. The first kappa shape index (κ1) is 20.2. The van der Waals surface area contributed by atoms with E-state index in [4.69, 9.17) is 0 Å². The van der Waals surface area contributed by atoms with Crippen molar-refractivity contribution in [3.05, 3.63) is 35.6 Å². The molecule has 0 N–H and O–H groups in total. The number of hydrogen-bond acceptors (Lipinski definition) is 4. The predicted molar refractivity (Wildman–Crippen MR) is 106 cm³/mol. The maximum atomic E-state index is 13.4. The quantitative estimate of drug-likeness (QED) is 0.801. The smallest absolute Gasteiger partial charge is 0.227 e. The summed E-state index contributed by atoms with van der Waals surface area (Å²) >= 11 is 0. The summed E-state index contributed by atoms with van der Waals surface area (Å²) < 4.78 is 13.4. The number of carbonyl (C=O) groups is 1. The van der Waals surface area contributed by atoms with Crippen LogP contribution in [0, 0.1) is 11.7 Å². The molecule has 2 atom stereocenters. The second-order valence-corrected chi connectivity index (χ2v) is 8.34. The predicted octanol–water partition coefficient (Wildman–Crippen LogP) is 1.74. The molecule has 0 aromatic heterocycles. The van der Waals surface area contributed by atoms with Crippen LogP contribution < -0.4 is 0 Å². The number of benzene rings is 1. The largest absolute Gasteiger partial charge is 0.340 e. The average Bonchev–Trinajstić information content (AvgIpc) is 2.84. The van der Waals surface area contributed by atoms with Gasteiger partial charge in [-0.05, 0) is 51.7 Å². The summed E-state index contributed by atoms with van der Waals surface area (Å²) in [6.07, 6.45) is 2.04. The Morgan fingerprint density at radius 2 is 1.89 bits per heavy atom. The van der Waals surface area contributed by atoms with Crippen molar-refractivity contribution in [1.82, 2.24) is 19.6 Å². The van der Waals surface area contributed by atoms with Gasteiger partial charge in [0.15, 0.2) is 0 Å². The van der Waals surface area contributed by atoms with Gasteiger partial charge in [-0.25, -0.2) is 4.39 Å². The molecular weight excluding hydrogens is 343 g/mol. The van der Waals surface area contributed by atoms with Crippen LogP contribution in [0.1, 0.15) is 18.4 Å². The van der Waals surface area contributed by atoms with E-state index in [0.29, 0.717) is 11.9 Å². The molecule has 0 bridgehead atoms. The van der Waals surface area contributed by atoms with Gasteiger partial charge in [-0.2, -0.15) is 0 Å². The lowest BCUT2D eigenvalue weighted by molar-refractivity contribution is -0.138. The molecule has 2 aliphatic rings. The highest BCUT2D eigenvalue weighted by Crippen LogP contribution is 2.21. The van der Waals surface area contributed by atoms with E-state index < -0.39 is 0 Å². The minimum Gasteiger partial charge on any atom is -0.340 e. The molecule has 1 aromatic carbocycles. The molecule has 27 heavy (non-hydrogen) atoms. The topological polar surface area (TPSA) is 30.0 Å². The fourth-order valence-corrected chi connectivity index (χ4v) is 4.29. The average molecular weight is 377 g/mol. The maximum Gasteiger partial charge on any atom is 0.227 e. The number of rotatable bonds is 4. The molecule has 2 aliphatic heterocycles. The summed E-state index contributed by atoms with van der Waals surface area (Å²) in [5.41, 5.74) is 0.995. The van der Waals surface area contributed by atoms with E-state index in [1.165, 1.54) is 6.07 Å². The Morgan fingerprint density at radius 3 is 2.56 bits per heavy atom. The second-order valence-electron chi connectivity index (χ2n) is 8.34. The normalized spacial score (nSPS) is 25.6. The molecule has 5 nitrogen and oxygen atoms in total. The van der Waals surface area contributed by atoms with E-state index in [-0.39, 0.29) is 11.7 Å². The van der Waals surface area contributed by atoms with Gasteiger partial charge in [-0.3, -0.25) is 9.69 Å². The SMILES string of the molecule is CN1C[C@H](C(=O)N2CCN(Cc3cccc(F)c3)CC2)CC[C@H](N(C)C)C1. The van der Waals surface area contributed by atoms with Crippen LogP contribution in [0.4, 0.5) is 4.39 Å². The Bertz CT molecular complexity index is 630. The molecule has 0 aliphatic carbocycles. The molecule has 2 fully saturated rings. The lowest BCUT2D eigenvalue weighted by Gasteiger charge is -2.36. The van der Waals surface area contributed by atoms with Crippen molar-refractivity contribution in [2.24, 2.45) is 5.92 Å². The summed E-state index contributed by atoms with van der Waals surface area (Å²) in [5.74, 6) is 0.233. The first-order valence-corrected chi connectivity index (χ1v) is 10.0. The molecule has 1 aromatic rings. The zero-order valence-electron chi connectivity index (χ0n) is 16.9. The number of carbonyl (C=O) groups excluding carboxylic acids is 1. The van der Waals surface area contributed by atoms with Crippen molar-refractivity contribution in [1.29, 1.82) is 0 Å². The molecule has 0 saturated carbocycles. The zero-order chi connectivity index (χ0) is 19.4. The number of hydrogen-bond donors (Lipinski definition) is 0. The van der Waals surface area contributed by atoms with Gasteiger partial charge in [0.05, 0.1) is 5.92 Å². The van der Waals surface area contributed by atoms with Gasteiger partial charge in [-0.1, -0.05) is 12.1 Å². The first-order chi connectivity index (χ1) is 12.9. The van der Waals surface area contributed by atoms with E-state index in [9.17, 15) is 9.18 Å². The summed E-state index contributed by atoms with van der Waals surface area (Å²) in [6.45, 7) is 5.87. The monoisotopic (exact) mass is 376 g/mol. The number of likely N-dealkylation sites (tertiary alicyclic amines) is 1. The number of amides is 1. The lowest BCUT2D eigenvalue weighted by Crippen LogP contribution is -2.51. The lowest BCUT2D eigenvalue weighted by atomic mass is 9.99. The molecule has 150 valence electrons. The van der Waals surface area contributed by atoms with Gasteiger partial charge >= 0.3 is 0 Å². The summed E-state index contributed by atoms with van der Waals surface area (Å²) in [4.78, 5) is 22.0. The van der Waals surface area contributed by atoms with Crippen LogP contribution in [0.2, 0.25) is 0 Å². The zero-order valence-corrected chi connectivity index (χ0v) is 16.9. The molecule has 2 saturated heterocycles. The highest BCUT2D eigenvalue weighted by molar-refractivity contribution is 5.79. The van der Waals surface area contributed by atoms with E-state index in [1.807, 2.05) is 11.0 Å². The second kappa shape index (κ2) is 9.13. The maximum absolute atomic E-state index is 13.4. The molecule has 6 heteroatoms. The van der Waals surface area contributed by atoms with E-state index in [2.05, 4.69) is 35.8 Å². The van der Waals surface area contributed by atoms with Crippen molar-refractivity contribution in [2.45, 2.75) is 25.4 Å². The molecular formula is C21H33FN4O. The third kappa shape index (κ3) is 5.50. The van der Waals surface area contributed by atoms with Crippen LogP contribution in [-0.2, 0) is 11.3 Å². The van der Waals surface area contributed by atoms with Crippen LogP contribution in [0.5, 0.6) is 0 Å². The number of likely N-dealkylation sites (N-methyl/N-ethyl adjacent to an activating group) is 2. The van der Waals surface area contributed by atoms with Crippen LogP contribution in [0.25, 0.3) is 0 Å². The molecule has 0 radical (unpaired) electrons. The highest BCUT2D eigenvalue weighted by Gasteiger charge is 2.31. The van der Waals surface area contributed by atoms with E-state index in [0.717, 1.165) is 64.2 Å². The van der Waals surface area contributed by atoms with Crippen LogP contribution >= 0.6 is 0 Å². The number of piperazine rings is 1. The Kier molecular flexibility index (Phi) is 6.84. The Labute approximate surface area is 162 Å². The van der Waals surface area contributed by atoms with Crippen molar-refractivity contribution in [3.63, 3.8) is 0 Å². The minimum atomic E-state index is -0.185. The fraction of sp³-hybridized carbons (Fsp3) is 0.667. The Morgan fingerprint density at radius 1 is 1.15 bits per heavy atom. The summed E-state index contributed by atoms with van der Waals surface area (Å²) in [5, 5.41) is 0. The fourth-order valence-electron chi connectivity index (χ4n) is 4.29. The van der Waals surface area contributed by atoms with Gasteiger partial charge < -0.3 is 14.7 Å². The van der Waals surface area contributed by atoms with E-state index >= 15 is 0 Å². The van der Waals surface area contributed by atoms with Crippen molar-refractivity contribution < 1.29 is 9.18 Å². The van der Waals surface area contributed by atoms with Gasteiger partial charge in [0.2, 0.25) is 5.91 Å². The first-order valence-electron chi connectivity index (χ1n) is 10.0. The molecule has 1 amide bonds. The van der Waals surface area contributed by atoms with Gasteiger partial charge in [0.25, 0.3) is 0 Å². The molecule has 0 unspecified atom stereocenters. The Balaban J connectivity index is 1.50.